The van der Waals surface area contributed by atoms with E-state index in [0.29, 0.717) is 24.5 Å². The van der Waals surface area contributed by atoms with Gasteiger partial charge in [0.1, 0.15) is 11.8 Å². The Hall–Kier alpha value is -2.20. The van der Waals surface area contributed by atoms with E-state index in [1.54, 1.807) is 7.11 Å². The number of β-amino-alcohol motifs (C(OH)–C–C–N with tert-alkyl or cyclic N) is 1. The minimum Gasteiger partial charge on any atom is -0.479 e. The number of methoxy groups -OCH3 is 1. The average Bonchev–Trinajstić information content (AvgIpc) is 3.40. The van der Waals surface area contributed by atoms with E-state index in [9.17, 15) is 5.11 Å². The van der Waals surface area contributed by atoms with E-state index >= 15 is 0 Å². The maximum Gasteiger partial charge on any atom is 0.245 e. The van der Waals surface area contributed by atoms with Crippen molar-refractivity contribution >= 4 is 22.8 Å². The number of ether oxygens (including phenoxy) is 2. The molecule has 8 nitrogen and oxygen atoms in total. The Labute approximate surface area is 198 Å². The van der Waals surface area contributed by atoms with Gasteiger partial charge >= 0.3 is 0 Å². The third kappa shape index (κ3) is 5.01. The van der Waals surface area contributed by atoms with Gasteiger partial charge in [-0.1, -0.05) is 30.3 Å². The first-order valence-corrected chi connectivity index (χ1v) is 12.8. The van der Waals surface area contributed by atoms with Crippen molar-refractivity contribution in [2.75, 3.05) is 32.6 Å². The fourth-order valence-electron chi connectivity index (χ4n) is 4.74. The van der Waals surface area contributed by atoms with Crippen LogP contribution in [0.1, 0.15) is 36.7 Å². The third-order valence-corrected chi connectivity index (χ3v) is 7.67. The van der Waals surface area contributed by atoms with Crippen LogP contribution in [0.5, 0.6) is 5.88 Å². The number of hydrogen-bond acceptors (Lipinski definition) is 8. The van der Waals surface area contributed by atoms with Crippen LogP contribution >= 0.6 is 11.8 Å². The summed E-state index contributed by atoms with van der Waals surface area (Å²) in [6, 6.07) is 10.5. The number of rotatable bonds is 8. The highest BCUT2D eigenvalue weighted by Gasteiger charge is 2.33. The van der Waals surface area contributed by atoms with Gasteiger partial charge in [-0.2, -0.15) is 21.8 Å². The predicted octanol–water partition coefficient (Wildman–Crippen LogP) is 3.26. The molecule has 2 fully saturated rings. The molecule has 2 aliphatic rings. The summed E-state index contributed by atoms with van der Waals surface area (Å²) in [6.07, 6.45) is 4.23. The van der Waals surface area contributed by atoms with Gasteiger partial charge in [0, 0.05) is 43.7 Å². The minimum atomic E-state index is -0.328. The number of fused-ring (bicyclic) bond motifs is 1. The molecule has 0 aliphatic carbocycles. The van der Waals surface area contributed by atoms with E-state index in [0.717, 1.165) is 55.1 Å². The summed E-state index contributed by atoms with van der Waals surface area (Å²) in [4.78, 5) is 11.1. The quantitative estimate of drug-likeness (QED) is 0.538. The highest BCUT2D eigenvalue weighted by atomic mass is 32.2. The molecule has 2 aromatic heterocycles. The Morgan fingerprint density at radius 1 is 1.15 bits per heavy atom. The van der Waals surface area contributed by atoms with Crippen molar-refractivity contribution in [3.8, 4) is 5.88 Å². The lowest BCUT2D eigenvalue weighted by Crippen LogP contribution is -2.26. The molecule has 0 spiro atoms. The summed E-state index contributed by atoms with van der Waals surface area (Å²) in [5.74, 6) is 2.63. The van der Waals surface area contributed by atoms with Gasteiger partial charge in [0.25, 0.3) is 0 Å². The molecule has 0 bridgehead atoms. The molecule has 4 heterocycles. The molecule has 0 amide bonds. The molecule has 3 aromatic rings. The molecule has 3 atom stereocenters. The third-order valence-electron chi connectivity index (χ3n) is 6.47. The largest absolute Gasteiger partial charge is 0.479 e. The summed E-state index contributed by atoms with van der Waals surface area (Å²) >= 11 is 1.89. The zero-order chi connectivity index (χ0) is 22.6. The van der Waals surface area contributed by atoms with Crippen molar-refractivity contribution in [2.45, 2.75) is 43.9 Å². The normalized spacial score (nSPS) is 23.9. The molecule has 0 radical (unpaired) electrons. The maximum absolute atomic E-state index is 10.8. The molecular formula is C24H31N5O3S. The Morgan fingerprint density at radius 2 is 2.03 bits per heavy atom. The van der Waals surface area contributed by atoms with Gasteiger partial charge < -0.3 is 14.6 Å². The fourth-order valence-corrected chi connectivity index (χ4v) is 5.92. The highest BCUT2D eigenvalue weighted by molar-refractivity contribution is 7.98. The predicted molar refractivity (Wildman–Crippen MR) is 128 cm³/mol. The Morgan fingerprint density at radius 3 is 2.82 bits per heavy atom. The van der Waals surface area contributed by atoms with Gasteiger partial charge in [-0.15, -0.1) is 0 Å². The number of aliphatic hydroxyl groups excluding tert-OH is 1. The highest BCUT2D eigenvalue weighted by Crippen LogP contribution is 2.32. The number of aliphatic hydroxyl groups is 1. The summed E-state index contributed by atoms with van der Waals surface area (Å²) in [5, 5.41) is 15.6. The van der Waals surface area contributed by atoms with Crippen LogP contribution in [0.4, 0.5) is 0 Å². The lowest BCUT2D eigenvalue weighted by molar-refractivity contribution is -0.0415. The second-order valence-corrected chi connectivity index (χ2v) is 9.85. The monoisotopic (exact) mass is 469 g/mol. The van der Waals surface area contributed by atoms with Crippen molar-refractivity contribution in [2.24, 2.45) is 5.92 Å². The Balaban J connectivity index is 1.31. The van der Waals surface area contributed by atoms with Crippen LogP contribution in [0, 0.1) is 5.92 Å². The van der Waals surface area contributed by atoms with E-state index in [4.69, 9.17) is 14.6 Å². The molecule has 5 rings (SSSR count). The van der Waals surface area contributed by atoms with E-state index < -0.39 is 0 Å². The molecule has 176 valence electrons. The number of likely N-dealkylation sites (tertiary alicyclic amines) is 1. The molecule has 2 unspecified atom stereocenters. The van der Waals surface area contributed by atoms with E-state index in [2.05, 4.69) is 39.1 Å². The first kappa shape index (κ1) is 22.6. The van der Waals surface area contributed by atoms with Crippen molar-refractivity contribution in [3.63, 3.8) is 0 Å². The molecule has 33 heavy (non-hydrogen) atoms. The number of thioether (sulfide) groups is 1. The number of benzene rings is 1. The number of nitrogens with zero attached hydrogens (tertiary/aromatic N) is 5. The molecule has 9 heteroatoms. The fraction of sp³-hybridized carbons (Fsp3) is 0.542. The van der Waals surface area contributed by atoms with Crippen LogP contribution in [0.2, 0.25) is 0 Å². The SMILES string of the molecule is COc1ncnc2c(CN3CC(O)[C@@H](CSCc4ccccc4)C3)n(C3CCCCO3)nc12. The molecular weight excluding hydrogens is 438 g/mol. The summed E-state index contributed by atoms with van der Waals surface area (Å²) in [5.41, 5.74) is 3.79. The molecule has 1 N–H and O–H groups in total. The lowest BCUT2D eigenvalue weighted by atomic mass is 10.1. The summed E-state index contributed by atoms with van der Waals surface area (Å²) < 4.78 is 13.5. The standard InChI is InChI=1S/C24H31N5O3S/c1-31-24-23-22(25-16-26-24)19(29(27-23)21-9-5-6-10-32-21)12-28-11-18(20(30)13-28)15-33-14-17-7-3-2-4-8-17/h2-4,7-8,16,18,20-21,30H,5-6,9-15H2,1H3/t18-,20?,21?/m1/s1. The van der Waals surface area contributed by atoms with Gasteiger partial charge in [0.2, 0.25) is 5.88 Å². The Kier molecular flexibility index (Phi) is 7.10. The van der Waals surface area contributed by atoms with Crippen molar-refractivity contribution in [3.05, 3.63) is 47.9 Å². The summed E-state index contributed by atoms with van der Waals surface area (Å²) in [7, 11) is 1.60. The topological polar surface area (TPSA) is 85.5 Å². The summed E-state index contributed by atoms with van der Waals surface area (Å²) in [6.45, 7) is 2.90. The van der Waals surface area contributed by atoms with Gasteiger partial charge in [0.15, 0.2) is 11.7 Å². The molecule has 2 aliphatic heterocycles. The molecule has 1 aromatic carbocycles. The van der Waals surface area contributed by atoms with E-state index in [-0.39, 0.29) is 18.2 Å². The van der Waals surface area contributed by atoms with Crippen LogP contribution in [0.15, 0.2) is 36.7 Å². The van der Waals surface area contributed by atoms with E-state index in [1.165, 1.54) is 11.9 Å². The molecule has 0 saturated carbocycles. The zero-order valence-electron chi connectivity index (χ0n) is 19.0. The van der Waals surface area contributed by atoms with Gasteiger partial charge in [-0.3, -0.25) is 4.90 Å². The smallest absolute Gasteiger partial charge is 0.245 e. The lowest BCUT2D eigenvalue weighted by Gasteiger charge is -2.25. The van der Waals surface area contributed by atoms with Crippen molar-refractivity contribution in [1.82, 2.24) is 24.6 Å². The second kappa shape index (κ2) is 10.4. The van der Waals surface area contributed by atoms with Crippen LogP contribution < -0.4 is 4.74 Å². The van der Waals surface area contributed by atoms with E-state index in [1.807, 2.05) is 22.5 Å². The second-order valence-electron chi connectivity index (χ2n) is 8.81. The van der Waals surface area contributed by atoms with Gasteiger partial charge in [-0.25, -0.2) is 9.67 Å². The van der Waals surface area contributed by atoms with Crippen LogP contribution in [-0.4, -0.2) is 68.4 Å². The van der Waals surface area contributed by atoms with Crippen molar-refractivity contribution in [1.29, 1.82) is 0 Å². The first-order valence-electron chi connectivity index (χ1n) is 11.6. The van der Waals surface area contributed by atoms with Crippen LogP contribution in [0.25, 0.3) is 11.0 Å². The first-order chi connectivity index (χ1) is 16.2. The minimum absolute atomic E-state index is 0.0996. The average molecular weight is 470 g/mol. The van der Waals surface area contributed by atoms with Crippen LogP contribution in [0.3, 0.4) is 0 Å². The number of aromatic nitrogens is 4. The van der Waals surface area contributed by atoms with Gasteiger partial charge in [-0.05, 0) is 24.8 Å². The zero-order valence-corrected chi connectivity index (χ0v) is 19.8. The van der Waals surface area contributed by atoms with Gasteiger partial charge in [0.05, 0.1) is 18.9 Å². The Bertz CT molecular complexity index is 1060. The van der Waals surface area contributed by atoms with Crippen LogP contribution in [-0.2, 0) is 17.0 Å². The number of hydrogen-bond donors (Lipinski definition) is 1. The molecule has 2 saturated heterocycles. The maximum atomic E-state index is 10.8. The van der Waals surface area contributed by atoms with Crippen molar-refractivity contribution < 1.29 is 14.6 Å².